The van der Waals surface area contributed by atoms with Gasteiger partial charge in [-0.25, -0.2) is 0 Å². The Morgan fingerprint density at radius 3 is 1.29 bits per heavy atom. The largest absolute Gasteiger partial charge is 0.515 e. The van der Waals surface area contributed by atoms with E-state index in [1.54, 1.807) is 0 Å². The number of carbonyl (C=O) groups is 5. The number of aliphatic hydroxyl groups excluding tert-OH is 2. The van der Waals surface area contributed by atoms with Crippen LogP contribution in [0.15, 0.2) is 29.2 Å². The van der Waals surface area contributed by atoms with Crippen molar-refractivity contribution in [2.24, 2.45) is 111 Å². The highest BCUT2D eigenvalue weighted by Gasteiger charge is 2.67. The van der Waals surface area contributed by atoms with Gasteiger partial charge in [0.05, 0.1) is 89.2 Å². The molecule has 20 nitrogen and oxygen atoms in total. The molecule has 23 heteroatoms. The molecule has 0 aromatic carbocycles. The fourth-order valence-electron chi connectivity index (χ4n) is 28.5. The number of fused-ring (bicyclic) bond motifs is 9. The van der Waals surface area contributed by atoms with Crippen LogP contribution in [0.3, 0.4) is 0 Å². The number of aromatic nitrogens is 2. The summed E-state index contributed by atoms with van der Waals surface area (Å²) in [6.45, 7) is 71.7. The van der Waals surface area contributed by atoms with Crippen LogP contribution in [0, 0.1) is 104 Å². The number of carbonyl (C=O) groups excluding carboxylic acids is 5. The van der Waals surface area contributed by atoms with Gasteiger partial charge in [0.25, 0.3) is 0 Å². The Balaban J connectivity index is 0.000000129. The fourth-order valence-corrected chi connectivity index (χ4v) is 32.8. The summed E-state index contributed by atoms with van der Waals surface area (Å²) in [5, 5.41) is 24.7. The topological polar surface area (TPSA) is 245 Å². The zero-order valence-corrected chi connectivity index (χ0v) is 89.3. The zero-order valence-electron chi connectivity index (χ0n) is 86.3. The van der Waals surface area contributed by atoms with E-state index in [-0.39, 0.29) is 106 Å². The Bertz CT molecular complexity index is 4270. The van der Waals surface area contributed by atoms with Gasteiger partial charge in [0.15, 0.2) is 59.7 Å². The molecule has 2 N–H and O–H groups in total. The number of aliphatic hydroxyl groups is 2. The smallest absolute Gasteiger partial charge is 0.192 e. The maximum atomic E-state index is 12.3. The lowest BCUT2D eigenvalue weighted by Crippen LogP contribution is -2.54. The molecule has 19 rings (SSSR count). The predicted molar refractivity (Wildman–Crippen MR) is 513 cm³/mol. The van der Waals surface area contributed by atoms with Crippen molar-refractivity contribution in [3.05, 3.63) is 40.4 Å². The molecule has 23 atom stereocenters. The average molecular weight is 1850 g/mol. The highest BCUT2D eigenvalue weighted by Crippen LogP contribution is 2.66. The van der Waals surface area contributed by atoms with Crippen molar-refractivity contribution in [1.29, 1.82) is 0 Å². The van der Waals surface area contributed by atoms with Crippen LogP contribution in [0.1, 0.15) is 331 Å². The van der Waals surface area contributed by atoms with Crippen molar-refractivity contribution in [1.82, 2.24) is 9.78 Å². The zero-order chi connectivity index (χ0) is 95.0. The van der Waals surface area contributed by atoms with Gasteiger partial charge in [-0.05, 0) is 240 Å². The van der Waals surface area contributed by atoms with Crippen molar-refractivity contribution < 1.29 is 85.4 Å². The van der Waals surface area contributed by atoms with Gasteiger partial charge in [-0.1, -0.05) is 158 Å². The summed E-state index contributed by atoms with van der Waals surface area (Å²) in [5.74, 6) is 5.08. The Morgan fingerprint density at radius 2 is 0.814 bits per heavy atom. The molecule has 16 fully saturated rings. The lowest BCUT2D eigenvalue weighted by atomic mass is 9.62. The number of rotatable bonds is 6. The van der Waals surface area contributed by atoms with Gasteiger partial charge in [0.2, 0.25) is 0 Å². The number of ether oxygens (including phenoxy) is 8. The van der Waals surface area contributed by atoms with Gasteiger partial charge in [-0.15, -0.1) is 0 Å². The van der Waals surface area contributed by atoms with Crippen LogP contribution in [0.4, 0.5) is 0 Å². The van der Waals surface area contributed by atoms with Crippen LogP contribution in [0.5, 0.6) is 0 Å². The molecule has 18 aliphatic rings. The Hall–Kier alpha value is -2.99. The Kier molecular flexibility index (Phi) is 29.6. The first-order valence-electron chi connectivity index (χ1n) is 51.3. The predicted octanol–water partition coefficient (Wildman–Crippen LogP) is 22.7. The molecule has 1 aromatic heterocycles. The van der Waals surface area contributed by atoms with Crippen LogP contribution >= 0.6 is 0 Å². The van der Waals surface area contributed by atoms with E-state index in [2.05, 4.69) is 196 Å². The minimum atomic E-state index is -1.74. The van der Waals surface area contributed by atoms with Crippen molar-refractivity contribution in [3.8, 4) is 0 Å². The molecule has 14 aliphatic carbocycles. The molecule has 129 heavy (non-hydrogen) atoms. The van der Waals surface area contributed by atoms with E-state index in [1.165, 1.54) is 42.5 Å². The van der Waals surface area contributed by atoms with E-state index in [9.17, 15) is 34.2 Å². The van der Waals surface area contributed by atoms with Crippen LogP contribution < -0.4 is 0 Å². The molecule has 4 aliphatic heterocycles. The molecule has 0 bridgehead atoms. The lowest BCUT2D eigenvalue weighted by Gasteiger charge is -2.52. The summed E-state index contributed by atoms with van der Waals surface area (Å²) in [6.07, 6.45) is 29.2. The number of Topliss-reactive ketones (excluding diaryl/α,β-unsaturated/α-hetero) is 5. The van der Waals surface area contributed by atoms with E-state index in [0.717, 1.165) is 167 Å². The van der Waals surface area contributed by atoms with E-state index in [1.807, 2.05) is 25.6 Å². The van der Waals surface area contributed by atoms with Crippen molar-refractivity contribution in [2.75, 3.05) is 52.9 Å². The van der Waals surface area contributed by atoms with Crippen molar-refractivity contribution in [3.63, 3.8) is 0 Å². The highest BCUT2D eigenvalue weighted by atomic mass is 28.4. The molecule has 4 spiro atoms. The van der Waals surface area contributed by atoms with Crippen molar-refractivity contribution in [2.45, 2.75) is 434 Å². The summed E-state index contributed by atoms with van der Waals surface area (Å²) in [6, 6.07) is 0. The van der Waals surface area contributed by atoms with Crippen LogP contribution in [-0.4, -0.2) is 174 Å². The molecule has 1 aromatic rings. The number of aryl methyl sites for hydroxylation is 1. The Labute approximate surface area is 781 Å². The number of hydrogen-bond acceptors (Lipinski definition) is 19. The molecule has 0 amide bonds. The molecular weight excluding hydrogens is 1670 g/mol. The molecule has 732 valence electrons. The summed E-state index contributed by atoms with van der Waals surface area (Å²) in [4.78, 5) is 60.1. The third kappa shape index (κ3) is 18.5. The minimum absolute atomic E-state index is 0.0972. The third-order valence-corrected chi connectivity index (χ3v) is 54.4. The second-order valence-corrected chi connectivity index (χ2v) is 64.7. The normalized spacial score (nSPS) is 41.1. The quantitative estimate of drug-likeness (QED) is 0.153. The molecule has 0 unspecified atom stereocenters. The fraction of sp³-hybridized carbons (Fsp3) is 0.887. The summed E-state index contributed by atoms with van der Waals surface area (Å²) < 4.78 is 69.6. The van der Waals surface area contributed by atoms with E-state index >= 15 is 0 Å². The summed E-state index contributed by atoms with van der Waals surface area (Å²) >= 11 is 0. The molecule has 4 saturated heterocycles. The highest BCUT2D eigenvalue weighted by molar-refractivity contribution is 6.75. The van der Waals surface area contributed by atoms with E-state index < -0.39 is 30.7 Å². The first-order valence-corrected chi connectivity index (χ1v) is 60.0. The van der Waals surface area contributed by atoms with Gasteiger partial charge in [-0.3, -0.25) is 28.7 Å². The average Bonchev–Trinajstić information content (AvgIpc) is 1.59. The van der Waals surface area contributed by atoms with Crippen molar-refractivity contribution >= 4 is 53.9 Å². The number of allylic oxidation sites excluding steroid dienone is 2. The van der Waals surface area contributed by atoms with E-state index in [0.29, 0.717) is 134 Å². The number of hydrogen-bond donors (Lipinski definition) is 2. The summed E-state index contributed by atoms with van der Waals surface area (Å²) in [5.41, 5.74) is 5.99. The van der Waals surface area contributed by atoms with Gasteiger partial charge >= 0.3 is 0 Å². The van der Waals surface area contributed by atoms with Gasteiger partial charge in [-0.2, -0.15) is 5.10 Å². The first-order chi connectivity index (χ1) is 59.7. The second-order valence-electron chi connectivity index (χ2n) is 50.5. The lowest BCUT2D eigenvalue weighted by molar-refractivity contribution is -0.243. The monoisotopic (exact) mass is 1850 g/mol. The van der Waals surface area contributed by atoms with Gasteiger partial charge < -0.3 is 61.4 Å². The molecule has 5 heterocycles. The summed E-state index contributed by atoms with van der Waals surface area (Å²) in [7, 11) is -3.19. The maximum absolute atomic E-state index is 12.3. The molecular formula is C106H178N2O18Si3. The number of nitrogens with zero attached hydrogens (tertiary/aromatic N) is 2. The number of ketones is 5. The maximum Gasteiger partial charge on any atom is 0.192 e. The van der Waals surface area contributed by atoms with Crippen LogP contribution in [-0.2, 0) is 94.0 Å². The third-order valence-electron chi connectivity index (χ3n) is 40.9. The minimum Gasteiger partial charge on any atom is -0.515 e. The standard InChI is InChI=1S/C19H36O3Si.C17H32O2Si.C17H30O2Si.C14H20O4.C13H18N2O.C13H22O3.C13H20O3/c1-14-15-8-9-16(22-23(6,7)17(2,3)4)18(15,5)10-11-19(14)20-12-13-21-19;2*1-12-13-8-9-15(17(13,5)11-10-14(12)18)19-20(6,7)16(2,3)4;1-9-11-7-10(8-15)12(16)13(11,2)3-4-14(9)17-5-6-18-14;1-8-10-6-9-7-15(3)14-12(9)13(10,2)5-4-11(8)16;2*1-9-10-3-4-11(14)12(10,2)5-6-13(9)15-7-8-16-13/h14-16H,8-13H2,1-7H3;12-13,15H,8-11H2,1-7H3;15H,8-11H2,1-7H3;8-9,11,15H,3-7H2,1-2H3;7-8,10H,4-6H2,1-3H3;9-11,14H,3-8H2,1-2H3;9-10H,3-8H2,1-2H3/b;;;10-8-;;;/t14-,15-,16-,18-;12-,13-,15-,17-;15-,17-;9-,11-,13-;8-,10-,13-;9-,10-,11-,12-;9-,10-,12-/m0000000/s1. The first kappa shape index (κ1) is 103. The molecule has 0 radical (unpaired) electrons. The van der Waals surface area contributed by atoms with Gasteiger partial charge in [0, 0.05) is 127 Å². The Morgan fingerprint density at radius 1 is 0.419 bits per heavy atom. The second kappa shape index (κ2) is 37.0. The van der Waals surface area contributed by atoms with E-state index in [4.69, 9.17) is 51.2 Å². The SMILES string of the molecule is CC1=C2CC[C@H](O[Si](C)(C)C(C)(C)C)[C@@]2(C)CCC1=O.C[C@@H]1C(=O)CC[C@]2(C)[C@@H](O[Si](C)(C)C(C)(C)C)CC[C@@H]12.C[C@@H]1C(=O)CC[C@]2(C)c3nn(C)cc3C[C@@H]12.C[C@H]1[C@@H]2C/C(=C/O)C(=O)[C@@]2(C)CCC12OCCO2.C[C@H]1[C@@H]2CCC(=O)[C@@]2(C)CCC12OCCO2.C[C@H]1[C@@H]2CC[C@H](O)[C@@]2(C)CCC12OCCO2.C[C@H]1[C@@H]2CC[C@H](O[Si](C)(C)C(C)(C)C)[C@@]2(C)CCC12OCCO2. The van der Waals surface area contributed by atoms with Crippen LogP contribution in [0.25, 0.3) is 0 Å². The van der Waals surface area contributed by atoms with Gasteiger partial charge in [0.1, 0.15) is 17.3 Å². The molecule has 12 saturated carbocycles. The van der Waals surface area contributed by atoms with Crippen LogP contribution in [0.2, 0.25) is 54.4 Å².